The number of carbonyl (C=O) groups excluding carboxylic acids is 1. The maximum atomic E-state index is 13.0. The van der Waals surface area contributed by atoms with Gasteiger partial charge in [0.25, 0.3) is 0 Å². The molecule has 1 N–H and O–H groups in total. The van der Waals surface area contributed by atoms with E-state index in [-0.39, 0.29) is 12.0 Å². The zero-order chi connectivity index (χ0) is 35.9. The number of carbonyl (C=O) groups is 1. The van der Waals surface area contributed by atoms with Gasteiger partial charge in [-0.3, -0.25) is 0 Å². The Kier molecular flexibility index (Phi) is 10.4. The van der Waals surface area contributed by atoms with Crippen LogP contribution in [0.3, 0.4) is 0 Å². The maximum Gasteiger partial charge on any atom is 0.337 e. The number of tetrazole rings is 1. The summed E-state index contributed by atoms with van der Waals surface area (Å²) < 4.78 is 5.23. The standard InChI is InChI=1S/C44H44N6O2/c1-4-6-30-49-40(41(43(51)52-3)39(5-2)46-49)31-32-26-28-33(29-27-32)37-24-16-17-25-38(37)42-45-48-50(47-42)44(34-18-10-7-11-19-34,35-20-12-8-13-21-35)36-22-14-9-15-23-36/h7-29,39,46H,4-6,30-31H2,1-3H3. The number of methoxy groups -OCH3 is 1. The summed E-state index contributed by atoms with van der Waals surface area (Å²) in [6.45, 7) is 5.10. The third-order valence-corrected chi connectivity index (χ3v) is 9.94. The summed E-state index contributed by atoms with van der Waals surface area (Å²) in [6, 6.07) is 47.8. The summed E-state index contributed by atoms with van der Waals surface area (Å²) in [5.74, 6) is 0.268. The van der Waals surface area contributed by atoms with Crippen molar-refractivity contribution in [3.63, 3.8) is 0 Å². The highest BCUT2D eigenvalue weighted by Gasteiger charge is 2.41. The van der Waals surface area contributed by atoms with Crippen molar-refractivity contribution in [2.75, 3.05) is 13.7 Å². The fourth-order valence-corrected chi connectivity index (χ4v) is 7.32. The van der Waals surface area contributed by atoms with Gasteiger partial charge in [-0.15, -0.1) is 15.0 Å². The van der Waals surface area contributed by atoms with Crippen molar-refractivity contribution in [2.45, 2.75) is 51.1 Å². The minimum Gasteiger partial charge on any atom is -0.466 e. The van der Waals surface area contributed by atoms with Crippen LogP contribution < -0.4 is 5.43 Å². The van der Waals surface area contributed by atoms with Gasteiger partial charge in [0.1, 0.15) is 0 Å². The van der Waals surface area contributed by atoms with Crippen LogP contribution in [0.25, 0.3) is 22.5 Å². The van der Waals surface area contributed by atoms with E-state index in [9.17, 15) is 4.79 Å². The molecule has 1 atom stereocenters. The summed E-state index contributed by atoms with van der Waals surface area (Å²) in [6.07, 6.45) is 3.52. The van der Waals surface area contributed by atoms with Gasteiger partial charge >= 0.3 is 5.97 Å². The van der Waals surface area contributed by atoms with Crippen LogP contribution in [0.1, 0.15) is 55.4 Å². The molecule has 0 fully saturated rings. The van der Waals surface area contributed by atoms with Crippen molar-refractivity contribution < 1.29 is 9.53 Å². The van der Waals surface area contributed by atoms with Crippen LogP contribution in [0.5, 0.6) is 0 Å². The number of allylic oxidation sites excluding steroid dienone is 1. The molecule has 52 heavy (non-hydrogen) atoms. The van der Waals surface area contributed by atoms with Gasteiger partial charge in [-0.25, -0.2) is 10.2 Å². The number of benzene rings is 5. The molecule has 0 aliphatic carbocycles. The summed E-state index contributed by atoms with van der Waals surface area (Å²) in [5, 5.41) is 16.8. The molecule has 8 heteroatoms. The topological polar surface area (TPSA) is 85.2 Å². The molecule has 0 saturated carbocycles. The fraction of sp³-hybridized carbons (Fsp3) is 0.227. The minimum atomic E-state index is -0.861. The molecule has 0 amide bonds. The Morgan fingerprint density at radius 1 is 0.750 bits per heavy atom. The van der Waals surface area contributed by atoms with Gasteiger partial charge in [-0.05, 0) is 51.4 Å². The summed E-state index contributed by atoms with van der Waals surface area (Å²) >= 11 is 0. The monoisotopic (exact) mass is 688 g/mol. The Labute approximate surface area is 305 Å². The van der Waals surface area contributed by atoms with Crippen LogP contribution in [-0.2, 0) is 21.5 Å². The van der Waals surface area contributed by atoms with E-state index >= 15 is 0 Å². The smallest absolute Gasteiger partial charge is 0.337 e. The van der Waals surface area contributed by atoms with Gasteiger partial charge in [0.15, 0.2) is 5.54 Å². The highest BCUT2D eigenvalue weighted by molar-refractivity contribution is 5.91. The van der Waals surface area contributed by atoms with Crippen molar-refractivity contribution >= 4 is 5.97 Å². The van der Waals surface area contributed by atoms with Crippen LogP contribution in [0.15, 0.2) is 151 Å². The lowest BCUT2D eigenvalue weighted by molar-refractivity contribution is -0.136. The van der Waals surface area contributed by atoms with Gasteiger partial charge < -0.3 is 9.75 Å². The lowest BCUT2D eigenvalue weighted by Crippen LogP contribution is -2.39. The average Bonchev–Trinajstić information content (AvgIpc) is 3.84. The first-order chi connectivity index (χ1) is 25.6. The van der Waals surface area contributed by atoms with Gasteiger partial charge in [-0.2, -0.15) is 0 Å². The first-order valence-electron chi connectivity index (χ1n) is 18.1. The number of unbranched alkanes of at least 4 members (excludes halogenated alkanes) is 1. The predicted octanol–water partition coefficient (Wildman–Crippen LogP) is 8.22. The molecule has 6 aromatic rings. The number of rotatable bonds is 13. The predicted molar refractivity (Wildman–Crippen MR) is 205 cm³/mol. The molecule has 0 bridgehead atoms. The second kappa shape index (κ2) is 15.6. The van der Waals surface area contributed by atoms with Crippen LogP contribution in [0.4, 0.5) is 0 Å². The lowest BCUT2D eigenvalue weighted by Gasteiger charge is -2.34. The quantitative estimate of drug-likeness (QED) is 0.0967. The van der Waals surface area contributed by atoms with E-state index in [1.165, 1.54) is 7.11 Å². The normalized spacial score (nSPS) is 14.5. The van der Waals surface area contributed by atoms with Crippen LogP contribution >= 0.6 is 0 Å². The first kappa shape index (κ1) is 34.6. The van der Waals surface area contributed by atoms with Gasteiger partial charge in [0.2, 0.25) is 5.82 Å². The summed E-state index contributed by atoms with van der Waals surface area (Å²) in [7, 11) is 1.46. The SMILES string of the molecule is CCCCN1NC(CC)C(C(=O)OC)=C1Cc1ccc(-c2ccccc2-c2nnn(C(c3ccccc3)(c3ccccc3)c3ccccc3)n2)cc1. The molecule has 1 aliphatic heterocycles. The number of hydrogen-bond donors (Lipinski definition) is 1. The van der Waals surface area contributed by atoms with Crippen LogP contribution in [0, 0.1) is 0 Å². The molecule has 1 aromatic heterocycles. The molecular formula is C44H44N6O2. The largest absolute Gasteiger partial charge is 0.466 e. The van der Waals surface area contributed by atoms with E-state index in [1.807, 2.05) is 72.8 Å². The molecule has 7 rings (SSSR count). The first-order valence-corrected chi connectivity index (χ1v) is 18.1. The molecular weight excluding hydrogens is 645 g/mol. The number of aromatic nitrogens is 4. The van der Waals surface area contributed by atoms with Gasteiger partial charge in [0, 0.05) is 24.2 Å². The average molecular weight is 689 g/mol. The van der Waals surface area contributed by atoms with Crippen LogP contribution in [-0.4, -0.2) is 50.9 Å². The highest BCUT2D eigenvalue weighted by atomic mass is 16.5. The summed E-state index contributed by atoms with van der Waals surface area (Å²) in [5.41, 5.74) is 11.5. The number of hydrogen-bond acceptors (Lipinski definition) is 7. The number of hydrazine groups is 1. The molecule has 262 valence electrons. The molecule has 8 nitrogen and oxygen atoms in total. The second-order valence-corrected chi connectivity index (χ2v) is 13.1. The molecule has 0 radical (unpaired) electrons. The number of ether oxygens (including phenoxy) is 1. The lowest BCUT2D eigenvalue weighted by atomic mass is 9.77. The second-order valence-electron chi connectivity index (χ2n) is 13.1. The van der Waals surface area contributed by atoms with Crippen molar-refractivity contribution in [1.29, 1.82) is 0 Å². The Morgan fingerprint density at radius 3 is 1.85 bits per heavy atom. The Bertz CT molecular complexity index is 2030. The third-order valence-electron chi connectivity index (χ3n) is 9.94. The van der Waals surface area contributed by atoms with E-state index in [2.05, 4.69) is 91.0 Å². The molecule has 5 aromatic carbocycles. The van der Waals surface area contributed by atoms with E-state index < -0.39 is 5.54 Å². The van der Waals surface area contributed by atoms with Crippen molar-refractivity contribution in [3.8, 4) is 22.5 Å². The molecule has 0 saturated heterocycles. The molecule has 1 aliphatic rings. The Hall–Kier alpha value is -5.86. The molecule has 2 heterocycles. The minimum absolute atomic E-state index is 0.0595. The summed E-state index contributed by atoms with van der Waals surface area (Å²) in [4.78, 5) is 14.7. The van der Waals surface area contributed by atoms with Crippen molar-refractivity contribution in [3.05, 3.63) is 173 Å². The van der Waals surface area contributed by atoms with Gasteiger partial charge in [0.05, 0.1) is 18.7 Å². The Morgan fingerprint density at radius 2 is 1.31 bits per heavy atom. The molecule has 1 unspecified atom stereocenters. The third kappa shape index (κ3) is 6.53. The van der Waals surface area contributed by atoms with E-state index in [4.69, 9.17) is 20.1 Å². The maximum absolute atomic E-state index is 13.0. The van der Waals surface area contributed by atoms with Crippen molar-refractivity contribution in [1.82, 2.24) is 30.6 Å². The van der Waals surface area contributed by atoms with E-state index in [0.29, 0.717) is 12.2 Å². The Balaban J connectivity index is 1.26. The number of nitrogens with one attached hydrogen (secondary N) is 1. The van der Waals surface area contributed by atoms with Crippen molar-refractivity contribution in [2.24, 2.45) is 0 Å². The van der Waals surface area contributed by atoms with Crippen LogP contribution in [0.2, 0.25) is 0 Å². The zero-order valence-electron chi connectivity index (χ0n) is 29.9. The van der Waals surface area contributed by atoms with E-state index in [1.54, 1.807) is 4.80 Å². The number of esters is 1. The van der Waals surface area contributed by atoms with E-state index in [0.717, 1.165) is 76.0 Å². The zero-order valence-corrected chi connectivity index (χ0v) is 29.9. The number of nitrogens with zero attached hydrogens (tertiary/aromatic N) is 5. The molecule has 0 spiro atoms. The fourth-order valence-electron chi connectivity index (χ4n) is 7.32. The highest BCUT2D eigenvalue weighted by Crippen LogP contribution is 2.40. The van der Waals surface area contributed by atoms with Gasteiger partial charge in [-0.1, -0.05) is 160 Å².